The van der Waals surface area contributed by atoms with Crippen molar-refractivity contribution in [3.05, 3.63) is 34.4 Å². The molecule has 0 saturated carbocycles. The molecule has 0 amide bonds. The molecule has 0 unspecified atom stereocenters. The monoisotopic (exact) mass is 242 g/mol. The molecular formula is C10H11BrO2. The van der Waals surface area contributed by atoms with Gasteiger partial charge in [0.1, 0.15) is 0 Å². The van der Waals surface area contributed by atoms with E-state index in [1.165, 1.54) is 0 Å². The first-order valence-corrected chi connectivity index (χ1v) is 5.07. The summed E-state index contributed by atoms with van der Waals surface area (Å²) in [4.78, 5) is 10.8. The highest BCUT2D eigenvalue weighted by Gasteiger charge is 2.09. The SMILES string of the molecule is Cc1cc(C)c(C(=O)O)cc1CBr. The van der Waals surface area contributed by atoms with Crippen molar-refractivity contribution < 1.29 is 9.90 Å². The van der Waals surface area contributed by atoms with Crippen LogP contribution in [0.2, 0.25) is 0 Å². The highest BCUT2D eigenvalue weighted by molar-refractivity contribution is 9.08. The molecule has 0 aliphatic rings. The van der Waals surface area contributed by atoms with Gasteiger partial charge in [-0.15, -0.1) is 0 Å². The molecule has 1 aromatic rings. The number of hydrogen-bond acceptors (Lipinski definition) is 1. The Morgan fingerprint density at radius 2 is 2.00 bits per heavy atom. The van der Waals surface area contributed by atoms with Gasteiger partial charge in [0.25, 0.3) is 0 Å². The van der Waals surface area contributed by atoms with Crippen molar-refractivity contribution in [3.63, 3.8) is 0 Å². The number of carbonyl (C=O) groups is 1. The largest absolute Gasteiger partial charge is 0.478 e. The van der Waals surface area contributed by atoms with Crippen LogP contribution >= 0.6 is 15.9 Å². The number of carboxylic acids is 1. The molecule has 3 heteroatoms. The molecule has 0 aliphatic heterocycles. The molecule has 0 fully saturated rings. The topological polar surface area (TPSA) is 37.3 Å². The Bertz CT molecular complexity index is 345. The van der Waals surface area contributed by atoms with Crippen molar-refractivity contribution >= 4 is 21.9 Å². The van der Waals surface area contributed by atoms with E-state index in [1.807, 2.05) is 19.9 Å². The van der Waals surface area contributed by atoms with E-state index in [1.54, 1.807) is 6.07 Å². The standard InChI is InChI=1S/C10H11BrO2/c1-6-3-7(2)9(10(12)13)4-8(6)5-11/h3-4H,5H2,1-2H3,(H,12,13). The second-order valence-corrected chi connectivity index (χ2v) is 3.59. The molecule has 13 heavy (non-hydrogen) atoms. The minimum Gasteiger partial charge on any atom is -0.478 e. The van der Waals surface area contributed by atoms with Gasteiger partial charge in [-0.3, -0.25) is 0 Å². The van der Waals surface area contributed by atoms with E-state index in [2.05, 4.69) is 15.9 Å². The molecule has 1 aromatic carbocycles. The van der Waals surface area contributed by atoms with Crippen molar-refractivity contribution in [2.75, 3.05) is 0 Å². The highest BCUT2D eigenvalue weighted by Crippen LogP contribution is 2.18. The van der Waals surface area contributed by atoms with Gasteiger partial charge in [0.2, 0.25) is 0 Å². The molecular weight excluding hydrogens is 232 g/mol. The minimum absolute atomic E-state index is 0.389. The predicted molar refractivity (Wildman–Crippen MR) is 55.5 cm³/mol. The first-order chi connectivity index (χ1) is 6.06. The molecule has 1 N–H and O–H groups in total. The number of aryl methyl sites for hydroxylation is 2. The van der Waals surface area contributed by atoms with Crippen LogP contribution in [0, 0.1) is 13.8 Å². The van der Waals surface area contributed by atoms with E-state index >= 15 is 0 Å². The number of hydrogen-bond donors (Lipinski definition) is 1. The summed E-state index contributed by atoms with van der Waals surface area (Å²) < 4.78 is 0. The summed E-state index contributed by atoms with van der Waals surface area (Å²) in [7, 11) is 0. The molecule has 70 valence electrons. The fraction of sp³-hybridized carbons (Fsp3) is 0.300. The summed E-state index contributed by atoms with van der Waals surface area (Å²) in [5.41, 5.74) is 3.36. The Morgan fingerprint density at radius 3 is 2.46 bits per heavy atom. The van der Waals surface area contributed by atoms with E-state index in [0.29, 0.717) is 10.9 Å². The number of halogens is 1. The number of rotatable bonds is 2. The molecule has 0 radical (unpaired) electrons. The summed E-state index contributed by atoms with van der Waals surface area (Å²) >= 11 is 3.32. The van der Waals surface area contributed by atoms with E-state index < -0.39 is 5.97 Å². The van der Waals surface area contributed by atoms with Gasteiger partial charge >= 0.3 is 5.97 Å². The van der Waals surface area contributed by atoms with E-state index in [0.717, 1.165) is 16.7 Å². The normalized spacial score (nSPS) is 10.1. The molecule has 2 nitrogen and oxygen atoms in total. The van der Waals surface area contributed by atoms with Crippen molar-refractivity contribution in [2.24, 2.45) is 0 Å². The van der Waals surface area contributed by atoms with Crippen molar-refractivity contribution in [1.82, 2.24) is 0 Å². The summed E-state index contributed by atoms with van der Waals surface area (Å²) in [6.45, 7) is 3.80. The fourth-order valence-electron chi connectivity index (χ4n) is 1.27. The zero-order valence-corrected chi connectivity index (χ0v) is 9.18. The Hall–Kier alpha value is -0.830. The molecule has 0 aliphatic carbocycles. The number of aromatic carboxylic acids is 1. The fourth-order valence-corrected chi connectivity index (χ4v) is 1.88. The second-order valence-electron chi connectivity index (χ2n) is 3.03. The molecule has 1 rings (SSSR count). The first-order valence-electron chi connectivity index (χ1n) is 3.95. The van der Waals surface area contributed by atoms with Crippen LogP contribution in [-0.2, 0) is 5.33 Å². The zero-order chi connectivity index (χ0) is 10.0. The van der Waals surface area contributed by atoms with Gasteiger partial charge in [0.05, 0.1) is 5.56 Å². The van der Waals surface area contributed by atoms with Crippen LogP contribution in [0.15, 0.2) is 12.1 Å². The highest BCUT2D eigenvalue weighted by atomic mass is 79.9. The summed E-state index contributed by atoms with van der Waals surface area (Å²) in [5, 5.41) is 9.56. The molecule has 0 saturated heterocycles. The second kappa shape index (κ2) is 3.92. The number of benzene rings is 1. The van der Waals surface area contributed by atoms with Crippen LogP contribution in [0.4, 0.5) is 0 Å². The van der Waals surface area contributed by atoms with E-state index in [9.17, 15) is 4.79 Å². The van der Waals surface area contributed by atoms with Gasteiger partial charge < -0.3 is 5.11 Å². The van der Waals surface area contributed by atoms with E-state index in [4.69, 9.17) is 5.11 Å². The molecule has 0 heterocycles. The Balaban J connectivity index is 3.30. The molecule has 0 spiro atoms. The van der Waals surface area contributed by atoms with Crippen molar-refractivity contribution in [2.45, 2.75) is 19.2 Å². The lowest BCUT2D eigenvalue weighted by Crippen LogP contribution is -2.01. The summed E-state index contributed by atoms with van der Waals surface area (Å²) in [6.07, 6.45) is 0. The van der Waals surface area contributed by atoms with Gasteiger partial charge in [-0.25, -0.2) is 4.79 Å². The molecule has 0 aromatic heterocycles. The maximum atomic E-state index is 10.8. The van der Waals surface area contributed by atoms with Gasteiger partial charge in [-0.05, 0) is 36.6 Å². The van der Waals surface area contributed by atoms with Crippen molar-refractivity contribution in [3.8, 4) is 0 Å². The Morgan fingerprint density at radius 1 is 1.38 bits per heavy atom. The average Bonchev–Trinajstić information content (AvgIpc) is 2.03. The molecule has 0 atom stereocenters. The summed E-state index contributed by atoms with van der Waals surface area (Å²) in [5.74, 6) is -0.861. The van der Waals surface area contributed by atoms with Gasteiger partial charge in [-0.2, -0.15) is 0 Å². The third kappa shape index (κ3) is 2.10. The van der Waals surface area contributed by atoms with Crippen LogP contribution in [-0.4, -0.2) is 11.1 Å². The lowest BCUT2D eigenvalue weighted by Gasteiger charge is -2.06. The summed E-state index contributed by atoms with van der Waals surface area (Å²) in [6, 6.07) is 3.63. The van der Waals surface area contributed by atoms with Crippen LogP contribution < -0.4 is 0 Å². The maximum Gasteiger partial charge on any atom is 0.335 e. The molecule has 0 bridgehead atoms. The van der Waals surface area contributed by atoms with Gasteiger partial charge in [0.15, 0.2) is 0 Å². The van der Waals surface area contributed by atoms with Crippen molar-refractivity contribution in [1.29, 1.82) is 0 Å². The first kappa shape index (κ1) is 10.3. The zero-order valence-electron chi connectivity index (χ0n) is 7.60. The van der Waals surface area contributed by atoms with Crippen LogP contribution in [0.25, 0.3) is 0 Å². The average molecular weight is 243 g/mol. The quantitative estimate of drug-likeness (QED) is 0.811. The van der Waals surface area contributed by atoms with Crippen LogP contribution in [0.3, 0.4) is 0 Å². The smallest absolute Gasteiger partial charge is 0.335 e. The third-order valence-corrected chi connectivity index (χ3v) is 2.66. The lowest BCUT2D eigenvalue weighted by atomic mass is 10.0. The maximum absolute atomic E-state index is 10.8. The Labute approximate surface area is 85.7 Å². The van der Waals surface area contributed by atoms with Crippen LogP contribution in [0.5, 0.6) is 0 Å². The predicted octanol–water partition coefficient (Wildman–Crippen LogP) is 2.90. The lowest BCUT2D eigenvalue weighted by molar-refractivity contribution is 0.0696. The van der Waals surface area contributed by atoms with E-state index in [-0.39, 0.29) is 0 Å². The minimum atomic E-state index is -0.861. The third-order valence-electron chi connectivity index (χ3n) is 2.06. The number of carboxylic acid groups (broad SMARTS) is 1. The van der Waals surface area contributed by atoms with Gasteiger partial charge in [-0.1, -0.05) is 22.0 Å². The van der Waals surface area contributed by atoms with Gasteiger partial charge in [0, 0.05) is 5.33 Å². The Kier molecular flexibility index (Phi) is 3.09. The van der Waals surface area contributed by atoms with Crippen LogP contribution in [0.1, 0.15) is 27.0 Å². The number of alkyl halides is 1.